The second kappa shape index (κ2) is 7.60. The maximum Gasteiger partial charge on any atom is 0.371 e. The summed E-state index contributed by atoms with van der Waals surface area (Å²) in [5, 5.41) is 14.8. The molecule has 0 radical (unpaired) electrons. The molecule has 0 aliphatic heterocycles. The standard InChI is InChI=1S/C18H14ClN2O4P/c19-14-11-12-18(17(13-14)21(22)23)25-26(24,16-9-5-2-6-10-16)20-15-7-3-1-4-8-15/h1-13H,(H,20,24). The molecule has 0 aromatic heterocycles. The highest BCUT2D eigenvalue weighted by Crippen LogP contribution is 2.48. The molecule has 3 rings (SSSR count). The first-order chi connectivity index (χ1) is 12.5. The maximum atomic E-state index is 13.6. The van der Waals surface area contributed by atoms with E-state index < -0.39 is 12.4 Å². The SMILES string of the molecule is O=[N+]([O-])c1cc(Cl)ccc1OP(=O)(Nc1ccccc1)c1ccccc1. The van der Waals surface area contributed by atoms with Gasteiger partial charge >= 0.3 is 13.2 Å². The highest BCUT2D eigenvalue weighted by atomic mass is 35.5. The Morgan fingerprint density at radius 1 is 0.962 bits per heavy atom. The molecule has 1 atom stereocenters. The largest absolute Gasteiger partial charge is 0.418 e. The van der Waals surface area contributed by atoms with Crippen LogP contribution in [0.4, 0.5) is 11.4 Å². The molecule has 3 aromatic rings. The second-order valence-corrected chi connectivity index (χ2v) is 7.79. The summed E-state index contributed by atoms with van der Waals surface area (Å²) in [5.41, 5.74) is 0.208. The van der Waals surface area contributed by atoms with Crippen molar-refractivity contribution in [1.29, 1.82) is 0 Å². The smallest absolute Gasteiger partial charge is 0.371 e. The van der Waals surface area contributed by atoms with Crippen molar-refractivity contribution in [3.8, 4) is 5.75 Å². The molecule has 0 amide bonds. The number of nitro groups is 1. The van der Waals surface area contributed by atoms with E-state index in [9.17, 15) is 14.7 Å². The van der Waals surface area contributed by atoms with Gasteiger partial charge in [-0.15, -0.1) is 0 Å². The molecule has 0 fully saturated rings. The molecule has 8 heteroatoms. The van der Waals surface area contributed by atoms with E-state index in [1.165, 1.54) is 12.1 Å². The van der Waals surface area contributed by atoms with Gasteiger partial charge in [0.05, 0.1) is 10.2 Å². The monoisotopic (exact) mass is 388 g/mol. The molecular weight excluding hydrogens is 375 g/mol. The average Bonchev–Trinajstić information content (AvgIpc) is 2.64. The van der Waals surface area contributed by atoms with E-state index in [-0.39, 0.29) is 16.5 Å². The summed E-state index contributed by atoms with van der Waals surface area (Å²) in [7, 11) is -3.69. The van der Waals surface area contributed by atoms with Gasteiger partial charge in [0, 0.05) is 16.8 Å². The van der Waals surface area contributed by atoms with Crippen LogP contribution in [0.15, 0.2) is 78.9 Å². The van der Waals surface area contributed by atoms with Gasteiger partial charge < -0.3 is 9.61 Å². The molecular formula is C18H14ClN2O4P. The van der Waals surface area contributed by atoms with Crippen LogP contribution in [0.1, 0.15) is 0 Å². The lowest BCUT2D eigenvalue weighted by molar-refractivity contribution is -0.385. The van der Waals surface area contributed by atoms with E-state index in [1.807, 2.05) is 6.07 Å². The number of hydrogen-bond donors (Lipinski definition) is 1. The van der Waals surface area contributed by atoms with Gasteiger partial charge in [-0.1, -0.05) is 48.0 Å². The zero-order valence-corrected chi connectivity index (χ0v) is 15.1. The Hall–Kier alpha value is -2.82. The third kappa shape index (κ3) is 4.04. The van der Waals surface area contributed by atoms with Crippen LogP contribution < -0.4 is 14.9 Å². The summed E-state index contributed by atoms with van der Waals surface area (Å²) < 4.78 is 19.3. The number of halogens is 1. The fourth-order valence-electron chi connectivity index (χ4n) is 2.30. The summed E-state index contributed by atoms with van der Waals surface area (Å²) >= 11 is 5.83. The van der Waals surface area contributed by atoms with Crippen molar-refractivity contribution >= 4 is 35.8 Å². The predicted octanol–water partition coefficient (Wildman–Crippen LogP) is 5.26. The number of anilines is 1. The van der Waals surface area contributed by atoms with Crippen LogP contribution in [0.3, 0.4) is 0 Å². The van der Waals surface area contributed by atoms with Gasteiger partial charge in [-0.05, 0) is 36.4 Å². The highest BCUT2D eigenvalue weighted by Gasteiger charge is 2.31. The number of rotatable bonds is 6. The Morgan fingerprint density at radius 2 is 1.58 bits per heavy atom. The zero-order valence-electron chi connectivity index (χ0n) is 13.4. The molecule has 26 heavy (non-hydrogen) atoms. The van der Waals surface area contributed by atoms with Crippen LogP contribution in [-0.4, -0.2) is 4.92 Å². The molecule has 0 aliphatic carbocycles. The first kappa shape index (κ1) is 18.0. The van der Waals surface area contributed by atoms with Crippen LogP contribution in [0.25, 0.3) is 0 Å². The normalized spacial score (nSPS) is 12.8. The van der Waals surface area contributed by atoms with Crippen molar-refractivity contribution < 1.29 is 14.0 Å². The Kier molecular flexibility index (Phi) is 5.26. The van der Waals surface area contributed by atoms with Crippen LogP contribution >= 0.6 is 19.1 Å². The van der Waals surface area contributed by atoms with E-state index in [2.05, 4.69) is 5.09 Å². The Labute approximate surface area is 155 Å². The lowest BCUT2D eigenvalue weighted by Crippen LogP contribution is -2.16. The van der Waals surface area contributed by atoms with Crippen molar-refractivity contribution in [3.05, 3.63) is 94.0 Å². The molecule has 6 nitrogen and oxygen atoms in total. The molecule has 0 aliphatic rings. The fourth-order valence-corrected chi connectivity index (χ4v) is 4.23. The molecule has 1 N–H and O–H groups in total. The van der Waals surface area contributed by atoms with Gasteiger partial charge in [0.1, 0.15) is 0 Å². The van der Waals surface area contributed by atoms with Gasteiger partial charge in [-0.2, -0.15) is 0 Å². The van der Waals surface area contributed by atoms with Crippen molar-refractivity contribution in [2.75, 3.05) is 5.09 Å². The Balaban J connectivity index is 2.05. The van der Waals surface area contributed by atoms with E-state index in [0.717, 1.165) is 6.07 Å². The van der Waals surface area contributed by atoms with Crippen LogP contribution in [0.5, 0.6) is 5.75 Å². The molecule has 1 unspecified atom stereocenters. The number of hydrogen-bond acceptors (Lipinski definition) is 4. The minimum atomic E-state index is -3.69. The number of nitrogens with zero attached hydrogens (tertiary/aromatic N) is 1. The summed E-state index contributed by atoms with van der Waals surface area (Å²) in [6, 6.07) is 21.3. The first-order valence-corrected chi connectivity index (χ1v) is 9.61. The molecule has 0 heterocycles. The van der Waals surface area contributed by atoms with E-state index in [4.69, 9.17) is 16.1 Å². The second-order valence-electron chi connectivity index (χ2n) is 5.33. The number of nitrogens with one attached hydrogen (secondary N) is 1. The summed E-state index contributed by atoms with van der Waals surface area (Å²) in [4.78, 5) is 10.7. The van der Waals surface area contributed by atoms with Gasteiger partial charge in [0.2, 0.25) is 5.75 Å². The summed E-state index contributed by atoms with van der Waals surface area (Å²) in [6.45, 7) is 0. The van der Waals surface area contributed by atoms with Crippen LogP contribution in [-0.2, 0) is 4.57 Å². The third-order valence-corrected chi connectivity index (χ3v) is 5.71. The average molecular weight is 389 g/mol. The topological polar surface area (TPSA) is 81.5 Å². The van der Waals surface area contributed by atoms with Crippen LogP contribution in [0.2, 0.25) is 5.02 Å². The van der Waals surface area contributed by atoms with Crippen molar-refractivity contribution in [1.82, 2.24) is 0 Å². The molecule has 0 spiro atoms. The maximum absolute atomic E-state index is 13.6. The van der Waals surface area contributed by atoms with E-state index in [0.29, 0.717) is 11.0 Å². The Bertz CT molecular complexity index is 967. The summed E-state index contributed by atoms with van der Waals surface area (Å²) in [5.74, 6) is -0.130. The van der Waals surface area contributed by atoms with Crippen molar-refractivity contribution in [2.24, 2.45) is 0 Å². The molecule has 0 bridgehead atoms. The molecule has 132 valence electrons. The van der Waals surface area contributed by atoms with E-state index in [1.54, 1.807) is 54.6 Å². The number of para-hydroxylation sites is 1. The summed E-state index contributed by atoms with van der Waals surface area (Å²) in [6.07, 6.45) is 0. The van der Waals surface area contributed by atoms with Crippen LogP contribution in [0, 0.1) is 10.1 Å². The quantitative estimate of drug-likeness (QED) is 0.354. The highest BCUT2D eigenvalue weighted by molar-refractivity contribution is 7.68. The predicted molar refractivity (Wildman–Crippen MR) is 102 cm³/mol. The molecule has 0 saturated heterocycles. The van der Waals surface area contributed by atoms with Crippen molar-refractivity contribution in [3.63, 3.8) is 0 Å². The van der Waals surface area contributed by atoms with Gasteiger partial charge in [-0.25, -0.2) is 4.57 Å². The molecule has 3 aromatic carbocycles. The lowest BCUT2D eigenvalue weighted by atomic mass is 10.3. The van der Waals surface area contributed by atoms with Crippen molar-refractivity contribution in [2.45, 2.75) is 0 Å². The van der Waals surface area contributed by atoms with Gasteiger partial charge in [0.25, 0.3) is 0 Å². The number of nitro benzene ring substituents is 1. The minimum absolute atomic E-state index is 0.130. The third-order valence-electron chi connectivity index (χ3n) is 3.49. The molecule has 0 saturated carbocycles. The first-order valence-electron chi connectivity index (χ1n) is 7.60. The van der Waals surface area contributed by atoms with E-state index >= 15 is 0 Å². The Morgan fingerprint density at radius 3 is 2.19 bits per heavy atom. The van der Waals surface area contributed by atoms with Gasteiger partial charge in [0.15, 0.2) is 0 Å². The zero-order chi connectivity index (χ0) is 18.6. The minimum Gasteiger partial charge on any atom is -0.418 e. The lowest BCUT2D eigenvalue weighted by Gasteiger charge is -2.21. The fraction of sp³-hybridized carbons (Fsp3) is 0. The van der Waals surface area contributed by atoms with Gasteiger partial charge in [-0.3, -0.25) is 10.1 Å². The number of benzene rings is 3.